The van der Waals surface area contributed by atoms with Gasteiger partial charge in [0, 0.05) is 32.7 Å². The summed E-state index contributed by atoms with van der Waals surface area (Å²) in [6, 6.07) is 0. The van der Waals surface area contributed by atoms with Gasteiger partial charge >= 0.3 is 0 Å². The number of hydrogen-bond donors (Lipinski definition) is 2. The molecule has 20 heavy (non-hydrogen) atoms. The van der Waals surface area contributed by atoms with Crippen molar-refractivity contribution in [3.8, 4) is 0 Å². The Balaban J connectivity index is 1.49. The van der Waals surface area contributed by atoms with Gasteiger partial charge in [0.1, 0.15) is 5.82 Å². The third-order valence-electron chi connectivity index (χ3n) is 4.22. The van der Waals surface area contributed by atoms with Crippen molar-refractivity contribution in [3.05, 3.63) is 5.82 Å². The summed E-state index contributed by atoms with van der Waals surface area (Å²) in [4.78, 5) is 6.93. The molecule has 6 heteroatoms. The molecule has 0 radical (unpaired) electrons. The standard InChI is InChI=1S/C14H25N5O/c1-2-20-12-8-11(9-12)10-13-16-14(18-17-13)19-6-3-4-15-5-7-19/h11-12,15H,2-10H2,1H3,(H,16,17,18). The van der Waals surface area contributed by atoms with Crippen molar-refractivity contribution < 1.29 is 4.74 Å². The van der Waals surface area contributed by atoms with E-state index in [1.165, 1.54) is 0 Å². The lowest BCUT2D eigenvalue weighted by Gasteiger charge is -2.34. The van der Waals surface area contributed by atoms with E-state index in [9.17, 15) is 0 Å². The molecule has 0 bridgehead atoms. The lowest BCUT2D eigenvalue weighted by atomic mass is 9.80. The molecular weight excluding hydrogens is 254 g/mol. The van der Waals surface area contributed by atoms with E-state index in [-0.39, 0.29) is 0 Å². The maximum atomic E-state index is 5.60. The first-order valence-electron chi connectivity index (χ1n) is 7.83. The van der Waals surface area contributed by atoms with E-state index in [4.69, 9.17) is 4.74 Å². The van der Waals surface area contributed by atoms with Crippen LogP contribution in [0, 0.1) is 5.92 Å². The smallest absolute Gasteiger partial charge is 0.244 e. The monoisotopic (exact) mass is 279 g/mol. The van der Waals surface area contributed by atoms with Crippen LogP contribution in [0.25, 0.3) is 0 Å². The molecule has 6 nitrogen and oxygen atoms in total. The zero-order valence-electron chi connectivity index (χ0n) is 12.3. The number of anilines is 1. The van der Waals surface area contributed by atoms with Gasteiger partial charge in [0.2, 0.25) is 5.95 Å². The third-order valence-corrected chi connectivity index (χ3v) is 4.22. The molecule has 2 N–H and O–H groups in total. The fraction of sp³-hybridized carbons (Fsp3) is 0.857. The number of ether oxygens (including phenoxy) is 1. The molecule has 2 aliphatic rings. The van der Waals surface area contributed by atoms with E-state index in [1.807, 2.05) is 0 Å². The highest BCUT2D eigenvalue weighted by atomic mass is 16.5. The summed E-state index contributed by atoms with van der Waals surface area (Å²) in [5.74, 6) is 2.60. The van der Waals surface area contributed by atoms with E-state index in [1.54, 1.807) is 0 Å². The van der Waals surface area contributed by atoms with Crippen molar-refractivity contribution in [2.75, 3.05) is 37.7 Å². The molecule has 2 heterocycles. The highest BCUT2D eigenvalue weighted by Gasteiger charge is 2.30. The summed E-state index contributed by atoms with van der Waals surface area (Å²) in [5.41, 5.74) is 0. The number of nitrogens with zero attached hydrogens (tertiary/aromatic N) is 3. The Hall–Kier alpha value is -1.14. The zero-order valence-corrected chi connectivity index (χ0v) is 12.3. The van der Waals surface area contributed by atoms with Crippen LogP contribution in [0.5, 0.6) is 0 Å². The van der Waals surface area contributed by atoms with Gasteiger partial charge in [-0.05, 0) is 38.6 Å². The van der Waals surface area contributed by atoms with Gasteiger partial charge in [-0.1, -0.05) is 0 Å². The first kappa shape index (κ1) is 13.8. The van der Waals surface area contributed by atoms with Crippen LogP contribution in [0.3, 0.4) is 0 Å². The van der Waals surface area contributed by atoms with Crippen LogP contribution in [0.2, 0.25) is 0 Å². The Morgan fingerprint density at radius 1 is 1.30 bits per heavy atom. The molecular formula is C14H25N5O. The normalized spacial score (nSPS) is 27.1. The summed E-state index contributed by atoms with van der Waals surface area (Å²) in [7, 11) is 0. The van der Waals surface area contributed by atoms with Gasteiger partial charge in [-0.25, -0.2) is 0 Å². The SMILES string of the molecule is CCOC1CC(Cc2nc(N3CCCNCC3)n[nH]2)C1. The molecule has 0 atom stereocenters. The highest BCUT2D eigenvalue weighted by molar-refractivity contribution is 5.29. The summed E-state index contributed by atoms with van der Waals surface area (Å²) in [5, 5.41) is 10.9. The Morgan fingerprint density at radius 2 is 2.20 bits per heavy atom. The highest BCUT2D eigenvalue weighted by Crippen LogP contribution is 2.32. The first-order chi connectivity index (χ1) is 9.85. The number of hydrogen-bond acceptors (Lipinski definition) is 5. The molecule has 0 amide bonds. The van der Waals surface area contributed by atoms with Crippen molar-refractivity contribution in [1.29, 1.82) is 0 Å². The van der Waals surface area contributed by atoms with Crippen molar-refractivity contribution in [3.63, 3.8) is 0 Å². The summed E-state index contributed by atoms with van der Waals surface area (Å²) < 4.78 is 5.60. The maximum Gasteiger partial charge on any atom is 0.244 e. The summed E-state index contributed by atoms with van der Waals surface area (Å²) in [6.07, 6.45) is 4.96. The average molecular weight is 279 g/mol. The third kappa shape index (κ3) is 3.30. The van der Waals surface area contributed by atoms with E-state index >= 15 is 0 Å². The molecule has 1 aromatic heterocycles. The van der Waals surface area contributed by atoms with E-state index in [0.717, 1.165) is 70.2 Å². The minimum absolute atomic E-state index is 0.476. The topological polar surface area (TPSA) is 66.1 Å². The number of nitrogens with one attached hydrogen (secondary N) is 2. The van der Waals surface area contributed by atoms with Crippen molar-refractivity contribution in [2.45, 2.75) is 38.7 Å². The van der Waals surface area contributed by atoms with Gasteiger partial charge < -0.3 is 15.0 Å². The number of aromatic amines is 1. The molecule has 0 spiro atoms. The van der Waals surface area contributed by atoms with Crippen LogP contribution in [-0.4, -0.2) is 54.1 Å². The molecule has 2 fully saturated rings. The first-order valence-corrected chi connectivity index (χ1v) is 7.83. The second-order valence-electron chi connectivity index (χ2n) is 5.79. The van der Waals surface area contributed by atoms with Gasteiger partial charge in [-0.2, -0.15) is 4.98 Å². The van der Waals surface area contributed by atoms with Gasteiger partial charge in [-0.3, -0.25) is 5.10 Å². The van der Waals surface area contributed by atoms with Crippen LogP contribution in [0.15, 0.2) is 0 Å². The molecule has 0 unspecified atom stereocenters. The second-order valence-corrected chi connectivity index (χ2v) is 5.79. The summed E-state index contributed by atoms with van der Waals surface area (Å²) in [6.45, 7) is 7.03. The molecule has 1 saturated heterocycles. The predicted molar refractivity (Wildman–Crippen MR) is 77.9 cm³/mol. The fourth-order valence-electron chi connectivity index (χ4n) is 3.05. The molecule has 0 aromatic carbocycles. The lowest BCUT2D eigenvalue weighted by Crippen LogP contribution is -2.32. The quantitative estimate of drug-likeness (QED) is 0.840. The predicted octanol–water partition coefficient (Wildman–Crippen LogP) is 0.962. The molecule has 1 aromatic rings. The minimum Gasteiger partial charge on any atom is -0.378 e. The van der Waals surface area contributed by atoms with Gasteiger partial charge in [0.15, 0.2) is 0 Å². The molecule has 112 valence electrons. The largest absolute Gasteiger partial charge is 0.378 e. The zero-order chi connectivity index (χ0) is 13.8. The maximum absolute atomic E-state index is 5.60. The van der Waals surface area contributed by atoms with E-state index in [0.29, 0.717) is 12.0 Å². The Labute approximate surface area is 120 Å². The van der Waals surface area contributed by atoms with Crippen LogP contribution in [0.1, 0.15) is 32.0 Å². The van der Waals surface area contributed by atoms with Crippen molar-refractivity contribution >= 4 is 5.95 Å². The van der Waals surface area contributed by atoms with Gasteiger partial charge in [0.05, 0.1) is 6.10 Å². The van der Waals surface area contributed by atoms with Crippen LogP contribution >= 0.6 is 0 Å². The Morgan fingerprint density at radius 3 is 3.05 bits per heavy atom. The minimum atomic E-state index is 0.476. The number of rotatable bonds is 5. The molecule has 1 saturated carbocycles. The van der Waals surface area contributed by atoms with E-state index in [2.05, 4.69) is 32.3 Å². The van der Waals surface area contributed by atoms with Crippen LogP contribution in [-0.2, 0) is 11.2 Å². The van der Waals surface area contributed by atoms with E-state index < -0.39 is 0 Å². The van der Waals surface area contributed by atoms with Crippen LogP contribution < -0.4 is 10.2 Å². The number of H-pyrrole nitrogens is 1. The Kier molecular flexibility index (Phi) is 4.52. The fourth-order valence-corrected chi connectivity index (χ4v) is 3.05. The van der Waals surface area contributed by atoms with Crippen molar-refractivity contribution in [2.24, 2.45) is 5.92 Å². The molecule has 1 aliphatic heterocycles. The second kappa shape index (κ2) is 6.54. The van der Waals surface area contributed by atoms with Crippen LogP contribution in [0.4, 0.5) is 5.95 Å². The number of aromatic nitrogens is 3. The summed E-state index contributed by atoms with van der Waals surface area (Å²) >= 11 is 0. The average Bonchev–Trinajstić information content (AvgIpc) is 2.70. The molecule has 1 aliphatic carbocycles. The lowest BCUT2D eigenvalue weighted by molar-refractivity contribution is -0.0245. The molecule has 3 rings (SSSR count). The van der Waals surface area contributed by atoms with Gasteiger partial charge in [-0.15, -0.1) is 5.10 Å². The van der Waals surface area contributed by atoms with Crippen molar-refractivity contribution in [1.82, 2.24) is 20.5 Å². The van der Waals surface area contributed by atoms with Gasteiger partial charge in [0.25, 0.3) is 0 Å². The Bertz CT molecular complexity index is 407.